The van der Waals surface area contributed by atoms with Gasteiger partial charge in [-0.05, 0) is 17.4 Å². The van der Waals surface area contributed by atoms with Crippen molar-refractivity contribution in [3.63, 3.8) is 0 Å². The third kappa shape index (κ3) is 2.94. The van der Waals surface area contributed by atoms with Crippen molar-refractivity contribution in [3.8, 4) is 28.1 Å². The van der Waals surface area contributed by atoms with E-state index in [4.69, 9.17) is 14.2 Å². The number of fused-ring (bicyclic) bond motifs is 2. The summed E-state index contributed by atoms with van der Waals surface area (Å²) in [6.45, 7) is 0.429. The molecule has 0 spiro atoms. The maximum atomic E-state index is 6.01. The van der Waals surface area contributed by atoms with E-state index in [1.54, 1.807) is 52.5 Å². The zero-order valence-electron chi connectivity index (χ0n) is 14.9. The third-order valence-corrected chi connectivity index (χ3v) is 5.70. The van der Waals surface area contributed by atoms with Gasteiger partial charge in [0.1, 0.15) is 35.0 Å². The Kier molecular flexibility index (Phi) is 4.10. The van der Waals surface area contributed by atoms with E-state index >= 15 is 0 Å². The summed E-state index contributed by atoms with van der Waals surface area (Å²) in [6, 6.07) is 3.78. The van der Waals surface area contributed by atoms with Crippen LogP contribution in [0.4, 0.5) is 0 Å². The summed E-state index contributed by atoms with van der Waals surface area (Å²) in [5.74, 6) is 1.32. The summed E-state index contributed by atoms with van der Waals surface area (Å²) >= 11 is 2.92. The normalized spacial score (nSPS) is 11.4. The minimum absolute atomic E-state index is 0.429. The molecule has 0 atom stereocenters. The summed E-state index contributed by atoms with van der Waals surface area (Å²) in [7, 11) is 3.20. The quantitative estimate of drug-likeness (QED) is 0.422. The number of thiazole rings is 1. The maximum absolute atomic E-state index is 6.01. The molecule has 0 aliphatic carbocycles. The molecule has 9 nitrogen and oxygen atoms in total. The Hall–Kier alpha value is -3.18. The molecule has 0 aliphatic heterocycles. The minimum atomic E-state index is 0.429. The molecule has 0 N–H and O–H groups in total. The first-order valence-corrected chi connectivity index (χ1v) is 9.91. The topological polar surface area (TPSA) is 88.1 Å². The largest absolute Gasteiger partial charge is 0.495 e. The summed E-state index contributed by atoms with van der Waals surface area (Å²) in [5, 5.41) is 9.49. The van der Waals surface area contributed by atoms with Crippen LogP contribution in [-0.2, 0) is 6.61 Å². The SMILES string of the molecule is COc1cc(OCc2cncs2)c2cc(-c3cn4nc(OC)sc4n3)nn2c1. The van der Waals surface area contributed by atoms with Crippen LogP contribution in [0.2, 0.25) is 0 Å². The van der Waals surface area contributed by atoms with Gasteiger partial charge in [0.25, 0.3) is 5.19 Å². The van der Waals surface area contributed by atoms with Crippen LogP contribution in [0, 0.1) is 0 Å². The van der Waals surface area contributed by atoms with Crippen molar-refractivity contribution < 1.29 is 14.2 Å². The van der Waals surface area contributed by atoms with Gasteiger partial charge in [-0.15, -0.1) is 16.4 Å². The minimum Gasteiger partial charge on any atom is -0.495 e. The predicted octanol–water partition coefficient (Wildman–Crippen LogP) is 3.16. The van der Waals surface area contributed by atoms with Gasteiger partial charge in [0, 0.05) is 12.3 Å². The fourth-order valence-electron chi connectivity index (χ4n) is 2.74. The van der Waals surface area contributed by atoms with Gasteiger partial charge < -0.3 is 14.2 Å². The Labute approximate surface area is 166 Å². The van der Waals surface area contributed by atoms with E-state index < -0.39 is 0 Å². The lowest BCUT2D eigenvalue weighted by Crippen LogP contribution is -1.98. The molecule has 0 saturated carbocycles. The molecule has 0 fully saturated rings. The van der Waals surface area contributed by atoms with Gasteiger partial charge in [-0.25, -0.2) is 14.0 Å². The molecule has 28 heavy (non-hydrogen) atoms. The first-order valence-electron chi connectivity index (χ1n) is 8.21. The Morgan fingerprint density at radius 2 is 1.96 bits per heavy atom. The highest BCUT2D eigenvalue weighted by Crippen LogP contribution is 2.31. The average Bonchev–Trinajstić information content (AvgIpc) is 3.47. The molecule has 5 heterocycles. The van der Waals surface area contributed by atoms with E-state index in [2.05, 4.69) is 20.2 Å². The number of aromatic nitrogens is 6. The molecule has 0 aliphatic rings. The molecular formula is C17H14N6O3S2. The first-order chi connectivity index (χ1) is 13.7. The van der Waals surface area contributed by atoms with E-state index in [1.165, 1.54) is 11.3 Å². The van der Waals surface area contributed by atoms with Crippen molar-refractivity contribution in [2.75, 3.05) is 14.2 Å². The van der Waals surface area contributed by atoms with Gasteiger partial charge in [0.2, 0.25) is 4.96 Å². The van der Waals surface area contributed by atoms with Crippen LogP contribution in [0.15, 0.2) is 36.2 Å². The van der Waals surface area contributed by atoms with Crippen molar-refractivity contribution in [1.29, 1.82) is 0 Å². The number of nitrogens with zero attached hydrogens (tertiary/aromatic N) is 6. The standard InChI is InChI=1S/C17H14N6O3S2/c1-24-10-3-15(26-8-11-5-18-9-27-11)14-4-12(20-22(14)6-10)13-7-23-16(19-13)28-17(21-23)25-2/h3-7,9H,8H2,1-2H3. The Bertz CT molecular complexity index is 1230. The lowest BCUT2D eigenvalue weighted by atomic mass is 10.3. The highest BCUT2D eigenvalue weighted by atomic mass is 32.1. The smallest absolute Gasteiger partial charge is 0.294 e. The van der Waals surface area contributed by atoms with E-state index in [9.17, 15) is 0 Å². The van der Waals surface area contributed by atoms with Crippen LogP contribution in [-0.4, -0.2) is 43.4 Å². The second-order valence-electron chi connectivity index (χ2n) is 5.79. The van der Waals surface area contributed by atoms with E-state index in [1.807, 2.05) is 18.3 Å². The molecule has 0 saturated heterocycles. The summed E-state index contributed by atoms with van der Waals surface area (Å²) in [4.78, 5) is 10.4. The van der Waals surface area contributed by atoms with Crippen molar-refractivity contribution in [1.82, 2.24) is 29.2 Å². The second-order valence-corrected chi connectivity index (χ2v) is 7.67. The van der Waals surface area contributed by atoms with Crippen molar-refractivity contribution in [2.45, 2.75) is 6.61 Å². The molecule has 0 unspecified atom stereocenters. The molecule has 5 rings (SSSR count). The molecule has 142 valence electrons. The highest BCUT2D eigenvalue weighted by Gasteiger charge is 2.16. The van der Waals surface area contributed by atoms with Crippen LogP contribution in [0.1, 0.15) is 4.88 Å². The van der Waals surface area contributed by atoms with Crippen LogP contribution in [0.3, 0.4) is 0 Å². The summed E-state index contributed by atoms with van der Waals surface area (Å²) in [5.41, 5.74) is 4.04. The predicted molar refractivity (Wildman–Crippen MR) is 105 cm³/mol. The maximum Gasteiger partial charge on any atom is 0.294 e. The Morgan fingerprint density at radius 1 is 1.04 bits per heavy atom. The number of methoxy groups -OCH3 is 2. The number of hydrogen-bond donors (Lipinski definition) is 0. The first kappa shape index (κ1) is 17.0. The van der Waals surface area contributed by atoms with Gasteiger partial charge in [-0.1, -0.05) is 0 Å². The van der Waals surface area contributed by atoms with Crippen LogP contribution in [0.5, 0.6) is 16.7 Å². The highest BCUT2D eigenvalue weighted by molar-refractivity contribution is 7.18. The molecule has 5 aromatic heterocycles. The lowest BCUT2D eigenvalue weighted by Gasteiger charge is -2.08. The number of hydrogen-bond acceptors (Lipinski definition) is 9. The Balaban J connectivity index is 1.54. The molecule has 0 amide bonds. The van der Waals surface area contributed by atoms with Crippen molar-refractivity contribution >= 4 is 33.2 Å². The van der Waals surface area contributed by atoms with E-state index in [-0.39, 0.29) is 0 Å². The molecular weight excluding hydrogens is 400 g/mol. The number of rotatable bonds is 6. The monoisotopic (exact) mass is 414 g/mol. The van der Waals surface area contributed by atoms with E-state index in [0.29, 0.717) is 29.0 Å². The Morgan fingerprint density at radius 3 is 2.71 bits per heavy atom. The lowest BCUT2D eigenvalue weighted by molar-refractivity contribution is 0.309. The average molecular weight is 414 g/mol. The van der Waals surface area contributed by atoms with Crippen LogP contribution < -0.4 is 14.2 Å². The van der Waals surface area contributed by atoms with Gasteiger partial charge in [0.15, 0.2) is 0 Å². The number of imidazole rings is 1. The fraction of sp³-hybridized carbons (Fsp3) is 0.176. The molecule has 0 bridgehead atoms. The summed E-state index contributed by atoms with van der Waals surface area (Å²) < 4.78 is 20.0. The molecule has 5 aromatic rings. The van der Waals surface area contributed by atoms with Crippen LogP contribution >= 0.6 is 22.7 Å². The van der Waals surface area contributed by atoms with Gasteiger partial charge >= 0.3 is 0 Å². The fourth-order valence-corrected chi connectivity index (χ4v) is 3.95. The van der Waals surface area contributed by atoms with Crippen LogP contribution in [0.25, 0.3) is 21.9 Å². The van der Waals surface area contributed by atoms with Crippen molar-refractivity contribution in [2.24, 2.45) is 0 Å². The molecule has 11 heteroatoms. The molecule has 0 aromatic carbocycles. The summed E-state index contributed by atoms with van der Waals surface area (Å²) in [6.07, 6.45) is 5.42. The van der Waals surface area contributed by atoms with E-state index in [0.717, 1.165) is 21.0 Å². The zero-order chi connectivity index (χ0) is 19.1. The van der Waals surface area contributed by atoms with Gasteiger partial charge in [-0.2, -0.15) is 5.10 Å². The second kappa shape index (κ2) is 6.77. The zero-order valence-corrected chi connectivity index (χ0v) is 16.5. The van der Waals surface area contributed by atoms with Crippen molar-refractivity contribution in [3.05, 3.63) is 41.1 Å². The molecule has 0 radical (unpaired) electrons. The van der Waals surface area contributed by atoms with Gasteiger partial charge in [0.05, 0.1) is 37.0 Å². The third-order valence-electron chi connectivity index (χ3n) is 4.06. The number of ether oxygens (including phenoxy) is 3. The van der Waals surface area contributed by atoms with Gasteiger partial charge in [-0.3, -0.25) is 4.98 Å². The number of pyridine rings is 1.